The first-order valence-corrected chi connectivity index (χ1v) is 45.9. The average molecular weight is 1820 g/mol. The third kappa shape index (κ3) is 20.0. The molecule has 694 valence electrons. The number of ether oxygens (including phenoxy) is 4. The Kier molecular flexibility index (Phi) is 27.4. The van der Waals surface area contributed by atoms with Crippen molar-refractivity contribution in [3.05, 3.63) is 323 Å². The molecule has 10 unspecified atom stereocenters. The van der Waals surface area contributed by atoms with Crippen molar-refractivity contribution in [1.82, 2.24) is 63.5 Å². The zero-order valence-corrected chi connectivity index (χ0v) is 75.2. The molecule has 10 atom stereocenters. The molecule has 8 aliphatic rings. The Hall–Kier alpha value is -14.4. The molecule has 14 aromatic rings. The maximum absolute atomic E-state index is 13.1. The van der Waals surface area contributed by atoms with Gasteiger partial charge in [0, 0.05) is 175 Å². The lowest BCUT2D eigenvalue weighted by molar-refractivity contribution is 0.0375. The number of para-hydroxylation sites is 1. The number of anilines is 1. The standard InChI is InChI=1S/C22H22N4O2.C22H20N2O4.C21H22FN3O3.C20H21N3O2.C20H22N2O4/c1-24-10-11-26-21(24)19(13-23-26)22(28)25-9-8-18(20(27)14-25)17-7-6-15-4-2-3-5-16(15)12-17;25-19-12-24(22(26)17-7-9-23-18-4-2-1-3-16(17)18)10-8-15(19)14-5-6-20-21(11-14)28-13-27-20;22-16-6-4-14(5-7-16)18-8-10-24(13-19(18)26)20(27)15-2-1-3-17(12-15)25-11-9-23-21(25)28;1-22-13-21-11-18(22)20(25)23-9-8-17(19(24)12-23)16-7-6-14-4-2-3-5-15(14)10-16;1-2-15-9-14(5-7-21-15)20(24)22-8-6-16(17(23)11-22)13-3-4-18-19(10-13)26-12-25-18/h2-7,10-13,18,20,27H,8-9,14H2,1H3;1-7,9,11,15,19,25H,8,10,12-13H2;1-7,12,18-19,26H,8-11,13H2,(H,23,28);2-7,10-11,13,17,19,24H,8-9,12H2,1H3;3-5,7,9-10,16-17,23H,2,6,8,11-12H2,1H3. The van der Waals surface area contributed by atoms with Crippen LogP contribution in [0.25, 0.3) is 38.1 Å². The zero-order chi connectivity index (χ0) is 93.5. The fourth-order valence-electron chi connectivity index (χ4n) is 19.6. The molecule has 22 rings (SSSR count). The summed E-state index contributed by atoms with van der Waals surface area (Å²) in [6, 6.07) is 66.7. The Morgan fingerprint density at radius 3 is 1.41 bits per heavy atom. The van der Waals surface area contributed by atoms with Crippen LogP contribution in [0.15, 0.2) is 256 Å². The first kappa shape index (κ1) is 91.1. The van der Waals surface area contributed by atoms with E-state index in [9.17, 15) is 58.7 Å². The van der Waals surface area contributed by atoms with Gasteiger partial charge in [-0.3, -0.25) is 38.8 Å². The number of aryl methyl sites for hydroxylation is 3. The second-order valence-electron chi connectivity index (χ2n) is 35.4. The lowest BCUT2D eigenvalue weighted by Crippen LogP contribution is -2.46. The number of nitrogens with zero attached hydrogens (tertiary/aromatic N) is 13. The molecule has 0 aliphatic carbocycles. The molecule has 8 aliphatic heterocycles. The Labute approximate surface area is 779 Å². The van der Waals surface area contributed by atoms with Crippen molar-refractivity contribution in [2.24, 2.45) is 14.1 Å². The summed E-state index contributed by atoms with van der Waals surface area (Å²) in [5.74, 6) is 2.08. The second-order valence-corrected chi connectivity index (χ2v) is 35.4. The Morgan fingerprint density at radius 1 is 0.430 bits per heavy atom. The molecule has 0 radical (unpaired) electrons. The summed E-state index contributed by atoms with van der Waals surface area (Å²) in [6.07, 6.45) is 13.0. The van der Waals surface area contributed by atoms with Crippen molar-refractivity contribution >= 4 is 79.3 Å². The molecule has 0 saturated carbocycles. The van der Waals surface area contributed by atoms with E-state index in [0.717, 1.165) is 86.6 Å². The highest BCUT2D eigenvalue weighted by Crippen LogP contribution is 2.42. The highest BCUT2D eigenvalue weighted by Gasteiger charge is 2.39. The lowest BCUT2D eigenvalue weighted by Gasteiger charge is -2.36. The SMILES string of the molecule is CCc1cc(C(=O)N2CCC(c3ccc4c(c3)OCO4)C(O)C2)ccn1.Cn1ccn2ncc(C(=O)N3CCC(c4ccc5ccccc5c4)C(O)C3)c12.Cn1cncc1C(=O)N1CCC(c2ccc3ccccc3c2)C(O)C1.O=C(c1cccc(N2CCNC2=O)c1)N1CCC(c2ccc(F)cc2)C(O)C1.O=C(c1ccnc2ccccc12)N1CCC(c2ccc3c(c2)OCO3)C(O)C1. The first-order chi connectivity index (χ1) is 65.6. The summed E-state index contributed by atoms with van der Waals surface area (Å²) < 4.78 is 40.0. The third-order valence-electron chi connectivity index (χ3n) is 27.1. The van der Waals surface area contributed by atoms with Gasteiger partial charge in [-0.2, -0.15) is 5.10 Å². The molecule has 0 bridgehead atoms. The van der Waals surface area contributed by atoms with E-state index in [1.807, 2.05) is 122 Å². The minimum Gasteiger partial charge on any atom is -0.454 e. The molecule has 6 fully saturated rings. The monoisotopic (exact) mass is 1820 g/mol. The van der Waals surface area contributed by atoms with E-state index < -0.39 is 30.5 Å². The smallest absolute Gasteiger partial charge is 0.321 e. The van der Waals surface area contributed by atoms with Crippen LogP contribution in [-0.4, -0.2) is 242 Å². The van der Waals surface area contributed by atoms with Crippen molar-refractivity contribution in [2.45, 2.75) is 106 Å². The molecule has 0 spiro atoms. The van der Waals surface area contributed by atoms with Crippen LogP contribution >= 0.6 is 0 Å². The summed E-state index contributed by atoms with van der Waals surface area (Å²) in [4.78, 5) is 99.0. The molecule has 6 saturated heterocycles. The third-order valence-corrected chi connectivity index (χ3v) is 27.1. The minimum absolute atomic E-state index is 0.0165. The summed E-state index contributed by atoms with van der Waals surface area (Å²) in [7, 11) is 3.70. The van der Waals surface area contributed by atoms with Gasteiger partial charge in [0.2, 0.25) is 13.6 Å². The van der Waals surface area contributed by atoms with E-state index >= 15 is 0 Å². The van der Waals surface area contributed by atoms with Crippen LogP contribution in [0, 0.1) is 5.82 Å². The molecular formula is C105H107FN14O15. The number of imidazole rings is 2. The molecule has 135 heavy (non-hydrogen) atoms. The van der Waals surface area contributed by atoms with E-state index in [2.05, 4.69) is 86.0 Å². The fraction of sp³-hybridized carbons (Fsp3) is 0.314. The Morgan fingerprint density at radius 2 is 0.896 bits per heavy atom. The number of piperidine rings is 5. The number of hydrogen-bond donors (Lipinski definition) is 6. The molecule has 6 N–H and O–H groups in total. The summed E-state index contributed by atoms with van der Waals surface area (Å²) >= 11 is 0. The van der Waals surface area contributed by atoms with Crippen LogP contribution in [-0.2, 0) is 20.5 Å². The highest BCUT2D eigenvalue weighted by atomic mass is 19.1. The quantitative estimate of drug-likeness (QED) is 0.0662. The number of likely N-dealkylation sites (tertiary alicyclic amines) is 5. The minimum atomic E-state index is -0.712. The van der Waals surface area contributed by atoms with Gasteiger partial charge in [-0.1, -0.05) is 140 Å². The number of rotatable bonds is 12. The number of aliphatic hydroxyl groups is 5. The maximum Gasteiger partial charge on any atom is 0.321 e. The summed E-state index contributed by atoms with van der Waals surface area (Å²) in [6.45, 7) is 8.11. The van der Waals surface area contributed by atoms with Gasteiger partial charge in [-0.25, -0.2) is 18.7 Å². The van der Waals surface area contributed by atoms with Gasteiger partial charge >= 0.3 is 6.03 Å². The van der Waals surface area contributed by atoms with Crippen LogP contribution in [0.5, 0.6) is 23.0 Å². The molecule has 9 aromatic carbocycles. The molecule has 29 nitrogen and oxygen atoms in total. The number of fused-ring (bicyclic) bond motifs is 6. The number of hydrogen-bond acceptors (Lipinski definition) is 19. The van der Waals surface area contributed by atoms with Crippen molar-refractivity contribution in [2.75, 3.05) is 97.0 Å². The van der Waals surface area contributed by atoms with Crippen molar-refractivity contribution in [3.63, 3.8) is 0 Å². The van der Waals surface area contributed by atoms with Crippen LogP contribution in [0.2, 0.25) is 0 Å². The average Bonchev–Trinajstić information content (AvgIpc) is 1.70. The first-order valence-electron chi connectivity index (χ1n) is 45.9. The number of carbonyl (C=O) groups is 6. The van der Waals surface area contributed by atoms with Crippen LogP contribution in [0.3, 0.4) is 0 Å². The number of carbonyl (C=O) groups excluding carboxylic acids is 6. The predicted octanol–water partition coefficient (Wildman–Crippen LogP) is 13.0. The topological polar surface area (TPSA) is 338 Å². The molecule has 13 heterocycles. The number of benzene rings is 9. The number of urea groups is 1. The molecule has 5 aromatic heterocycles. The van der Waals surface area contributed by atoms with E-state index in [1.54, 1.807) is 125 Å². The van der Waals surface area contributed by atoms with Crippen molar-refractivity contribution < 1.29 is 77.6 Å². The summed E-state index contributed by atoms with van der Waals surface area (Å²) in [5.41, 5.74) is 11.2. The number of halogens is 1. The number of aromatic nitrogens is 7. The van der Waals surface area contributed by atoms with Crippen LogP contribution in [0.1, 0.15) is 154 Å². The van der Waals surface area contributed by atoms with Crippen LogP contribution in [0.4, 0.5) is 14.9 Å². The summed E-state index contributed by atoms with van der Waals surface area (Å²) in [5, 5.41) is 66.1. The molecule has 7 amide bonds. The number of amides is 7. The van der Waals surface area contributed by atoms with Gasteiger partial charge in [-0.15, -0.1) is 0 Å². The number of β-amino-alcohol motifs (C(OH)–C–C–N with tert-alkyl or cyclic N) is 5. The van der Waals surface area contributed by atoms with E-state index in [1.165, 1.54) is 33.7 Å². The Bertz CT molecular complexity index is 6680. The number of nitrogens with one attached hydrogen (secondary N) is 1. The van der Waals surface area contributed by atoms with Gasteiger partial charge in [0.05, 0.1) is 60.3 Å². The highest BCUT2D eigenvalue weighted by molar-refractivity contribution is 6.06. The largest absolute Gasteiger partial charge is 0.454 e. The molecule has 30 heteroatoms. The van der Waals surface area contributed by atoms with E-state index in [-0.39, 0.29) is 91.1 Å². The zero-order valence-electron chi connectivity index (χ0n) is 75.2. The lowest BCUT2D eigenvalue weighted by atomic mass is 9.86. The normalized spacial score (nSPS) is 21.2. The van der Waals surface area contributed by atoms with Gasteiger partial charge in [0.1, 0.15) is 22.7 Å². The molecular weight excluding hydrogens is 1720 g/mol. The van der Waals surface area contributed by atoms with Crippen molar-refractivity contribution in [1.29, 1.82) is 0 Å². The Balaban J connectivity index is 0.000000113. The maximum atomic E-state index is 13.1. The van der Waals surface area contributed by atoms with E-state index in [4.69, 9.17) is 18.9 Å². The second kappa shape index (κ2) is 40.6. The predicted molar refractivity (Wildman–Crippen MR) is 506 cm³/mol. The van der Waals surface area contributed by atoms with Gasteiger partial charge in [0.25, 0.3) is 29.5 Å². The van der Waals surface area contributed by atoms with Crippen molar-refractivity contribution in [3.8, 4) is 23.0 Å². The van der Waals surface area contributed by atoms with Gasteiger partial charge in [0.15, 0.2) is 23.0 Å². The number of aliphatic hydroxyl groups excluding tert-OH is 5. The fourth-order valence-corrected chi connectivity index (χ4v) is 19.6. The van der Waals surface area contributed by atoms with Gasteiger partial charge < -0.3 is 83.4 Å². The van der Waals surface area contributed by atoms with E-state index in [0.29, 0.717) is 131 Å². The van der Waals surface area contributed by atoms with Gasteiger partial charge in [-0.05, 0) is 167 Å². The van der Waals surface area contributed by atoms with Crippen LogP contribution < -0.4 is 29.2 Å². The number of pyridine rings is 2.